The van der Waals surface area contributed by atoms with Crippen molar-refractivity contribution in [3.63, 3.8) is 0 Å². The first-order chi connectivity index (χ1) is 8.05. The van der Waals surface area contributed by atoms with Gasteiger partial charge in [-0.25, -0.2) is 0 Å². The molecule has 3 aromatic rings. The lowest BCUT2D eigenvalue weighted by molar-refractivity contribution is -0.137. The fourth-order valence-corrected chi connectivity index (χ4v) is 3.05. The second-order valence-electron chi connectivity index (χ2n) is 3.81. The monoisotopic (exact) mass is 252 g/mol. The van der Waals surface area contributed by atoms with E-state index in [0.717, 1.165) is 21.5 Å². The molecule has 0 saturated carbocycles. The number of hydrogen-bond donors (Lipinski definition) is 0. The minimum absolute atomic E-state index is 0.587. The van der Waals surface area contributed by atoms with Gasteiger partial charge in [-0.05, 0) is 18.2 Å². The Kier molecular flexibility index (Phi) is 2.16. The van der Waals surface area contributed by atoms with Gasteiger partial charge in [-0.2, -0.15) is 13.2 Å². The standard InChI is InChI=1S/C13H7F3S/c14-13(15,16)8-5-6-10-9-3-1-2-4-11(9)17-12(10)7-8/h1-7H. The van der Waals surface area contributed by atoms with Crippen LogP contribution in [0.4, 0.5) is 13.2 Å². The van der Waals surface area contributed by atoms with E-state index < -0.39 is 11.7 Å². The molecule has 0 saturated heterocycles. The zero-order chi connectivity index (χ0) is 12.0. The number of halogens is 3. The minimum atomic E-state index is -4.27. The molecule has 2 aromatic carbocycles. The molecule has 1 heterocycles. The smallest absolute Gasteiger partial charge is 0.166 e. The Balaban J connectivity index is 2.34. The molecule has 0 atom stereocenters. The van der Waals surface area contributed by atoms with E-state index in [1.54, 1.807) is 6.07 Å². The molecule has 1 aromatic heterocycles. The van der Waals surface area contributed by atoms with Gasteiger partial charge >= 0.3 is 6.18 Å². The van der Waals surface area contributed by atoms with Gasteiger partial charge in [0.05, 0.1) is 5.56 Å². The highest BCUT2D eigenvalue weighted by molar-refractivity contribution is 7.25. The van der Waals surface area contributed by atoms with Crippen LogP contribution in [-0.2, 0) is 6.18 Å². The van der Waals surface area contributed by atoms with Crippen LogP contribution in [0.3, 0.4) is 0 Å². The van der Waals surface area contributed by atoms with E-state index in [1.807, 2.05) is 24.3 Å². The maximum absolute atomic E-state index is 12.6. The zero-order valence-corrected chi connectivity index (χ0v) is 9.40. The molecule has 17 heavy (non-hydrogen) atoms. The number of alkyl halides is 3. The number of rotatable bonds is 0. The van der Waals surface area contributed by atoms with Gasteiger partial charge in [0.15, 0.2) is 0 Å². The SMILES string of the molecule is FC(F)(F)c1ccc2c(c1)sc1ccccc12. The summed E-state index contributed by atoms with van der Waals surface area (Å²) in [7, 11) is 0. The predicted molar refractivity (Wildman–Crippen MR) is 64.3 cm³/mol. The minimum Gasteiger partial charge on any atom is -0.166 e. The van der Waals surface area contributed by atoms with Gasteiger partial charge in [-0.15, -0.1) is 11.3 Å². The van der Waals surface area contributed by atoms with Gasteiger partial charge in [0.1, 0.15) is 0 Å². The van der Waals surface area contributed by atoms with E-state index in [4.69, 9.17) is 0 Å². The molecule has 0 radical (unpaired) electrons. The number of thiophene rings is 1. The highest BCUT2D eigenvalue weighted by atomic mass is 32.1. The normalized spacial score (nSPS) is 12.4. The summed E-state index contributed by atoms with van der Waals surface area (Å²) in [5.74, 6) is 0. The van der Waals surface area contributed by atoms with Crippen LogP contribution in [0, 0.1) is 0 Å². The Bertz CT molecular complexity index is 695. The van der Waals surface area contributed by atoms with Crippen molar-refractivity contribution in [2.75, 3.05) is 0 Å². The van der Waals surface area contributed by atoms with Crippen LogP contribution in [0.15, 0.2) is 42.5 Å². The molecule has 0 unspecified atom stereocenters. The summed E-state index contributed by atoms with van der Waals surface area (Å²) < 4.78 is 39.4. The zero-order valence-electron chi connectivity index (χ0n) is 8.58. The van der Waals surface area contributed by atoms with E-state index in [-0.39, 0.29) is 0 Å². The van der Waals surface area contributed by atoms with E-state index >= 15 is 0 Å². The lowest BCUT2D eigenvalue weighted by Crippen LogP contribution is -2.03. The molecule has 0 N–H and O–H groups in total. The summed E-state index contributed by atoms with van der Waals surface area (Å²) >= 11 is 1.39. The highest BCUT2D eigenvalue weighted by Gasteiger charge is 2.30. The molecule has 0 nitrogen and oxygen atoms in total. The molecule has 0 bridgehead atoms. The highest BCUT2D eigenvalue weighted by Crippen LogP contribution is 2.37. The van der Waals surface area contributed by atoms with E-state index in [9.17, 15) is 13.2 Å². The summed E-state index contributed by atoms with van der Waals surface area (Å²) in [5, 5.41) is 1.90. The van der Waals surface area contributed by atoms with Gasteiger partial charge < -0.3 is 0 Å². The van der Waals surface area contributed by atoms with Crippen molar-refractivity contribution >= 4 is 31.5 Å². The summed E-state index contributed by atoms with van der Waals surface area (Å²) in [6.45, 7) is 0. The van der Waals surface area contributed by atoms with Crippen LogP contribution >= 0.6 is 11.3 Å². The molecule has 0 aliphatic rings. The first-order valence-corrected chi connectivity index (χ1v) is 5.86. The van der Waals surface area contributed by atoms with Crippen molar-refractivity contribution in [2.24, 2.45) is 0 Å². The summed E-state index contributed by atoms with van der Waals surface area (Å²) in [6.07, 6.45) is -4.27. The predicted octanol–water partition coefficient (Wildman–Crippen LogP) is 5.07. The third-order valence-corrected chi connectivity index (χ3v) is 3.84. The lowest BCUT2D eigenvalue weighted by Gasteiger charge is -2.05. The van der Waals surface area contributed by atoms with Crippen molar-refractivity contribution in [3.8, 4) is 0 Å². The van der Waals surface area contributed by atoms with Gasteiger partial charge in [0.2, 0.25) is 0 Å². The summed E-state index contributed by atoms with van der Waals surface area (Å²) in [4.78, 5) is 0. The van der Waals surface area contributed by atoms with Gasteiger partial charge in [-0.3, -0.25) is 0 Å². The summed E-state index contributed by atoms with van der Waals surface area (Å²) in [6, 6.07) is 11.6. The number of fused-ring (bicyclic) bond motifs is 3. The van der Waals surface area contributed by atoms with Crippen molar-refractivity contribution in [1.29, 1.82) is 0 Å². The van der Waals surface area contributed by atoms with E-state index in [1.165, 1.54) is 17.4 Å². The maximum Gasteiger partial charge on any atom is 0.416 e. The molecule has 0 fully saturated rings. The molecular formula is C13H7F3S. The summed E-state index contributed by atoms with van der Waals surface area (Å²) in [5.41, 5.74) is -0.587. The second-order valence-corrected chi connectivity index (χ2v) is 4.89. The van der Waals surface area contributed by atoms with Crippen molar-refractivity contribution in [3.05, 3.63) is 48.0 Å². The molecule has 86 valence electrons. The second kappa shape index (κ2) is 3.47. The van der Waals surface area contributed by atoms with Crippen LogP contribution in [0.5, 0.6) is 0 Å². The van der Waals surface area contributed by atoms with Crippen LogP contribution in [0.2, 0.25) is 0 Å². The third-order valence-electron chi connectivity index (χ3n) is 2.71. The molecule has 0 spiro atoms. The Morgan fingerprint density at radius 1 is 0.824 bits per heavy atom. The Morgan fingerprint density at radius 2 is 1.53 bits per heavy atom. The van der Waals surface area contributed by atoms with E-state index in [2.05, 4.69) is 0 Å². The van der Waals surface area contributed by atoms with Crippen LogP contribution in [0.1, 0.15) is 5.56 Å². The maximum atomic E-state index is 12.6. The van der Waals surface area contributed by atoms with Gasteiger partial charge in [0, 0.05) is 20.2 Å². The average Bonchev–Trinajstić information content (AvgIpc) is 2.65. The molecule has 0 aliphatic heterocycles. The van der Waals surface area contributed by atoms with Crippen molar-refractivity contribution in [1.82, 2.24) is 0 Å². The van der Waals surface area contributed by atoms with Crippen molar-refractivity contribution < 1.29 is 13.2 Å². The molecule has 0 amide bonds. The van der Waals surface area contributed by atoms with Crippen LogP contribution in [-0.4, -0.2) is 0 Å². The topological polar surface area (TPSA) is 0 Å². The molecule has 3 rings (SSSR count). The van der Waals surface area contributed by atoms with Gasteiger partial charge in [0.25, 0.3) is 0 Å². The Labute approximate surface area is 99.3 Å². The van der Waals surface area contributed by atoms with Crippen LogP contribution < -0.4 is 0 Å². The van der Waals surface area contributed by atoms with Gasteiger partial charge in [-0.1, -0.05) is 24.3 Å². The molecular weight excluding hydrogens is 245 g/mol. The average molecular weight is 252 g/mol. The first-order valence-electron chi connectivity index (χ1n) is 5.04. The first kappa shape index (κ1) is 10.6. The number of hydrogen-bond acceptors (Lipinski definition) is 1. The molecule has 0 aliphatic carbocycles. The largest absolute Gasteiger partial charge is 0.416 e. The Morgan fingerprint density at radius 3 is 2.29 bits per heavy atom. The fourth-order valence-electron chi connectivity index (χ4n) is 1.90. The van der Waals surface area contributed by atoms with E-state index in [0.29, 0.717) is 4.70 Å². The lowest BCUT2D eigenvalue weighted by atomic mass is 10.1. The number of benzene rings is 2. The Hall–Kier alpha value is -1.55. The molecule has 4 heteroatoms. The van der Waals surface area contributed by atoms with Crippen molar-refractivity contribution in [2.45, 2.75) is 6.18 Å². The van der Waals surface area contributed by atoms with Crippen LogP contribution in [0.25, 0.3) is 20.2 Å². The quantitative estimate of drug-likeness (QED) is 0.523. The third kappa shape index (κ3) is 1.69. The fraction of sp³-hybridized carbons (Fsp3) is 0.0769.